The van der Waals surface area contributed by atoms with Crippen molar-refractivity contribution in [3.05, 3.63) is 79.9 Å². The van der Waals surface area contributed by atoms with E-state index in [1.807, 2.05) is 33.2 Å². The molecule has 1 aliphatic heterocycles. The van der Waals surface area contributed by atoms with Gasteiger partial charge in [0.15, 0.2) is 0 Å². The summed E-state index contributed by atoms with van der Waals surface area (Å²) < 4.78 is 29.0. The fourth-order valence-corrected chi connectivity index (χ4v) is 4.63. The third-order valence-electron chi connectivity index (χ3n) is 6.21. The Kier molecular flexibility index (Phi) is 19.7. The lowest BCUT2D eigenvalue weighted by Gasteiger charge is -2.23. The van der Waals surface area contributed by atoms with Gasteiger partial charge in [0.25, 0.3) is 10.1 Å². The molecule has 2 N–H and O–H groups in total. The number of nitrogens with one attached hydrogen (secondary N) is 1. The van der Waals surface area contributed by atoms with Crippen LogP contribution in [0.1, 0.15) is 38.2 Å². The average Bonchev–Trinajstić information content (AvgIpc) is 3.31. The van der Waals surface area contributed by atoms with Crippen LogP contribution in [0.15, 0.2) is 79.3 Å². The molecule has 1 aromatic carbocycles. The van der Waals surface area contributed by atoms with Crippen LogP contribution < -0.4 is 5.32 Å². The molecule has 0 saturated carbocycles. The van der Waals surface area contributed by atoms with E-state index >= 15 is 0 Å². The van der Waals surface area contributed by atoms with Crippen molar-refractivity contribution in [2.45, 2.75) is 62.6 Å². The van der Waals surface area contributed by atoms with E-state index < -0.39 is 10.1 Å². The first-order valence-corrected chi connectivity index (χ1v) is 14.7. The van der Waals surface area contributed by atoms with Gasteiger partial charge < -0.3 is 10.4 Å². The Hall–Kier alpha value is -2.07. The lowest BCUT2D eigenvalue weighted by atomic mass is 10.1. The highest BCUT2D eigenvalue weighted by atomic mass is 32.2. The summed E-state index contributed by atoms with van der Waals surface area (Å²) in [6.45, 7) is 17.5. The molecule has 1 aromatic rings. The maximum absolute atomic E-state index is 11.9. The Morgan fingerprint density at radius 1 is 1.21 bits per heavy atom. The van der Waals surface area contributed by atoms with Crippen molar-refractivity contribution >= 4 is 10.1 Å². The standard InChI is InChI=1S/C14H19NO3S.C10H19N.C6H13NO/c1-12-5-7-14(8-6-12)19(16,17)18-11-9-13-4-3-10-15(13)2;1-5-8-10(7-3)11(4)9-6-2;1-3-6(7-2)4-5-8/h3-8,13H,9-11H2,1-2H3;6-7,10H,2-3,5,8-9H2,1,4H3;3,6-8H,1,4-5H2,2H3. The van der Waals surface area contributed by atoms with Crippen LogP contribution in [0.25, 0.3) is 0 Å². The van der Waals surface area contributed by atoms with Gasteiger partial charge in [-0.1, -0.05) is 61.4 Å². The number of rotatable bonds is 15. The zero-order valence-electron chi connectivity index (χ0n) is 24.2. The zero-order valence-corrected chi connectivity index (χ0v) is 25.0. The first-order valence-electron chi connectivity index (χ1n) is 13.3. The minimum absolute atomic E-state index is 0.204. The summed E-state index contributed by atoms with van der Waals surface area (Å²) >= 11 is 0. The molecule has 0 aliphatic carbocycles. The highest BCUT2D eigenvalue weighted by Crippen LogP contribution is 2.16. The molecule has 0 amide bonds. The highest BCUT2D eigenvalue weighted by molar-refractivity contribution is 7.86. The number of aliphatic hydroxyl groups excluding tert-OH is 1. The van der Waals surface area contributed by atoms with Crippen LogP contribution in [-0.4, -0.2) is 88.9 Å². The lowest BCUT2D eigenvalue weighted by Crippen LogP contribution is -2.29. The smallest absolute Gasteiger partial charge is 0.296 e. The second-order valence-electron chi connectivity index (χ2n) is 9.28. The van der Waals surface area contributed by atoms with Crippen LogP contribution in [0, 0.1) is 6.92 Å². The van der Waals surface area contributed by atoms with E-state index in [1.165, 1.54) is 12.8 Å². The molecular weight excluding hydrogens is 498 g/mol. The van der Waals surface area contributed by atoms with Gasteiger partial charge in [0, 0.05) is 37.8 Å². The second-order valence-corrected chi connectivity index (χ2v) is 10.9. The van der Waals surface area contributed by atoms with Gasteiger partial charge in [0.1, 0.15) is 0 Å². The van der Waals surface area contributed by atoms with Crippen LogP contribution in [-0.2, 0) is 14.3 Å². The van der Waals surface area contributed by atoms with Gasteiger partial charge >= 0.3 is 0 Å². The summed E-state index contributed by atoms with van der Waals surface area (Å²) in [4.78, 5) is 4.62. The van der Waals surface area contributed by atoms with Crippen molar-refractivity contribution < 1.29 is 17.7 Å². The summed E-state index contributed by atoms with van der Waals surface area (Å²) in [6, 6.07) is 7.73. The summed E-state index contributed by atoms with van der Waals surface area (Å²) in [5.41, 5.74) is 1.02. The number of hydrogen-bond acceptors (Lipinski definition) is 7. The Morgan fingerprint density at radius 3 is 2.29 bits per heavy atom. The Balaban J connectivity index is 0.000000613. The van der Waals surface area contributed by atoms with Gasteiger partial charge in [-0.15, -0.1) is 19.7 Å². The van der Waals surface area contributed by atoms with E-state index in [4.69, 9.17) is 9.29 Å². The Bertz CT molecular complexity index is 916. The van der Waals surface area contributed by atoms with Crippen molar-refractivity contribution in [3.8, 4) is 0 Å². The van der Waals surface area contributed by atoms with Gasteiger partial charge in [-0.3, -0.25) is 14.0 Å². The normalized spacial score (nSPS) is 16.6. The van der Waals surface area contributed by atoms with E-state index in [-0.39, 0.29) is 30.2 Å². The maximum Gasteiger partial charge on any atom is 0.296 e. The van der Waals surface area contributed by atoms with Gasteiger partial charge in [0.2, 0.25) is 0 Å². The zero-order chi connectivity index (χ0) is 29.0. The third-order valence-corrected chi connectivity index (χ3v) is 7.54. The molecule has 1 heterocycles. The van der Waals surface area contributed by atoms with Gasteiger partial charge in [-0.25, -0.2) is 0 Å². The number of likely N-dealkylation sites (N-methyl/N-ethyl adjacent to an activating group) is 3. The third kappa shape index (κ3) is 14.8. The molecule has 0 bridgehead atoms. The number of aliphatic hydroxyl groups is 1. The van der Waals surface area contributed by atoms with Crippen LogP contribution in [0.4, 0.5) is 0 Å². The number of benzene rings is 1. The van der Waals surface area contributed by atoms with E-state index in [0.717, 1.165) is 25.1 Å². The van der Waals surface area contributed by atoms with E-state index in [0.29, 0.717) is 12.5 Å². The molecule has 0 aromatic heterocycles. The maximum atomic E-state index is 11.9. The first kappa shape index (κ1) is 35.9. The quantitative estimate of drug-likeness (QED) is 0.245. The van der Waals surface area contributed by atoms with Crippen molar-refractivity contribution in [2.24, 2.45) is 0 Å². The van der Waals surface area contributed by atoms with E-state index in [2.05, 4.69) is 61.0 Å². The molecule has 0 fully saturated rings. The topological polar surface area (TPSA) is 82.1 Å². The lowest BCUT2D eigenvalue weighted by molar-refractivity contribution is 0.251. The van der Waals surface area contributed by atoms with Crippen LogP contribution in [0.5, 0.6) is 0 Å². The molecule has 1 aliphatic rings. The predicted molar refractivity (Wildman–Crippen MR) is 161 cm³/mol. The summed E-state index contributed by atoms with van der Waals surface area (Å²) in [6.07, 6.45) is 13.7. The van der Waals surface area contributed by atoms with E-state index in [1.54, 1.807) is 30.3 Å². The molecule has 38 heavy (non-hydrogen) atoms. The SMILES string of the molecule is C=CC(CCO)NC.C=CCN(C)C(C=C)CCC.Cc1ccc(S(=O)(=O)OCCC2C=CCN2C)cc1. The Labute approximate surface area is 232 Å². The Morgan fingerprint density at radius 2 is 1.87 bits per heavy atom. The predicted octanol–water partition coefficient (Wildman–Crippen LogP) is 4.56. The van der Waals surface area contributed by atoms with Gasteiger partial charge in [0.05, 0.1) is 11.5 Å². The van der Waals surface area contributed by atoms with Crippen LogP contribution in [0.3, 0.4) is 0 Å². The van der Waals surface area contributed by atoms with Gasteiger partial charge in [-0.05, 0) is 59.5 Å². The van der Waals surface area contributed by atoms with Crippen LogP contribution in [0.2, 0.25) is 0 Å². The highest BCUT2D eigenvalue weighted by Gasteiger charge is 2.19. The molecule has 7 nitrogen and oxygen atoms in total. The number of nitrogens with zero attached hydrogens (tertiary/aromatic N) is 2. The molecule has 2 rings (SSSR count). The molecule has 8 heteroatoms. The molecule has 216 valence electrons. The largest absolute Gasteiger partial charge is 0.396 e. The fraction of sp³-hybridized carbons (Fsp3) is 0.533. The summed E-state index contributed by atoms with van der Waals surface area (Å²) in [5, 5.41) is 11.4. The number of hydrogen-bond donors (Lipinski definition) is 2. The first-order chi connectivity index (χ1) is 18.1. The molecular formula is C30H51N3O4S. The molecule has 0 saturated heterocycles. The molecule has 0 spiro atoms. The molecule has 3 unspecified atom stereocenters. The fourth-order valence-electron chi connectivity index (χ4n) is 3.71. The van der Waals surface area contributed by atoms with Crippen molar-refractivity contribution in [1.29, 1.82) is 0 Å². The molecule has 3 atom stereocenters. The molecule has 0 radical (unpaired) electrons. The monoisotopic (exact) mass is 549 g/mol. The van der Waals surface area contributed by atoms with Crippen molar-refractivity contribution in [3.63, 3.8) is 0 Å². The van der Waals surface area contributed by atoms with Gasteiger partial charge in [-0.2, -0.15) is 8.42 Å². The van der Waals surface area contributed by atoms with Crippen molar-refractivity contribution in [2.75, 3.05) is 47.4 Å². The summed E-state index contributed by atoms with van der Waals surface area (Å²) in [7, 11) is 2.33. The van der Waals surface area contributed by atoms with Crippen LogP contribution >= 0.6 is 0 Å². The van der Waals surface area contributed by atoms with E-state index in [9.17, 15) is 8.42 Å². The number of aryl methyl sites for hydroxylation is 1. The van der Waals surface area contributed by atoms with Crippen molar-refractivity contribution in [1.82, 2.24) is 15.1 Å². The second kappa shape index (κ2) is 20.8. The summed E-state index contributed by atoms with van der Waals surface area (Å²) in [5.74, 6) is 0. The minimum atomic E-state index is -3.63. The minimum Gasteiger partial charge on any atom is -0.396 e. The average molecular weight is 550 g/mol.